The predicted molar refractivity (Wildman–Crippen MR) is 64.0 cm³/mol. The third kappa shape index (κ3) is 2.25. The van der Waals surface area contributed by atoms with Crippen LogP contribution in [0.25, 0.3) is 12.2 Å². The first-order valence-corrected chi connectivity index (χ1v) is 5.09. The summed E-state index contributed by atoms with van der Waals surface area (Å²) in [5, 5.41) is 2.74. The Bertz CT molecular complexity index is 522. The van der Waals surface area contributed by atoms with Gasteiger partial charge >= 0.3 is 0 Å². The molecule has 76 valence electrons. The van der Waals surface area contributed by atoms with Gasteiger partial charge in [0.15, 0.2) is 0 Å². The minimum Gasteiger partial charge on any atom is -0.370 e. The number of nitrogens with one attached hydrogen (secondary N) is 1. The van der Waals surface area contributed by atoms with Crippen molar-refractivity contribution in [2.45, 2.75) is 6.92 Å². The van der Waals surface area contributed by atoms with Crippen molar-refractivity contribution in [3.05, 3.63) is 51.9 Å². The number of aromatic amines is 1. The Morgan fingerprint density at radius 1 is 1.20 bits per heavy atom. The number of rotatable bonds is 2. The molecule has 0 saturated carbocycles. The van der Waals surface area contributed by atoms with E-state index in [1.165, 1.54) is 0 Å². The first-order valence-electron chi connectivity index (χ1n) is 4.68. The van der Waals surface area contributed by atoms with Crippen LogP contribution in [0.3, 0.4) is 0 Å². The Hall–Kier alpha value is -1.61. The molecule has 0 aliphatic rings. The van der Waals surface area contributed by atoms with Crippen LogP contribution >= 0.6 is 12.2 Å². The van der Waals surface area contributed by atoms with Gasteiger partial charge in [-0.25, -0.2) is 5.16 Å². The van der Waals surface area contributed by atoms with Crippen molar-refractivity contribution in [3.63, 3.8) is 0 Å². The molecule has 0 saturated heterocycles. The minimum absolute atomic E-state index is 0.500. The van der Waals surface area contributed by atoms with Crippen LogP contribution in [0.2, 0.25) is 0 Å². The van der Waals surface area contributed by atoms with Gasteiger partial charge in [-0.2, -0.15) is 0 Å². The highest BCUT2D eigenvalue weighted by Gasteiger charge is 1.99. The maximum atomic E-state index is 5.04. The van der Waals surface area contributed by atoms with Gasteiger partial charge in [0.1, 0.15) is 0 Å². The number of hydrogen-bond acceptors (Lipinski definition) is 2. The summed E-state index contributed by atoms with van der Waals surface area (Å²) < 4.78 is 5.52. The standard InChI is InChI=1S/C12H11NOS/c1-9-11(12(15)14-13-9)8-7-10-5-3-2-4-6-10/h2-8,13H,1H3. The van der Waals surface area contributed by atoms with Gasteiger partial charge in [-0.05, 0) is 30.8 Å². The molecule has 0 radical (unpaired) electrons. The van der Waals surface area contributed by atoms with Crippen molar-refractivity contribution < 1.29 is 4.52 Å². The minimum atomic E-state index is 0.500. The van der Waals surface area contributed by atoms with Gasteiger partial charge in [-0.1, -0.05) is 36.4 Å². The van der Waals surface area contributed by atoms with E-state index in [1.807, 2.05) is 49.4 Å². The van der Waals surface area contributed by atoms with Crippen LogP contribution in [0.1, 0.15) is 16.8 Å². The highest BCUT2D eigenvalue weighted by Crippen LogP contribution is 2.13. The van der Waals surface area contributed by atoms with E-state index in [4.69, 9.17) is 16.7 Å². The van der Waals surface area contributed by atoms with Gasteiger partial charge in [-0.3, -0.25) is 0 Å². The van der Waals surface area contributed by atoms with E-state index in [9.17, 15) is 0 Å². The molecule has 1 aromatic heterocycles. The molecule has 0 unspecified atom stereocenters. The van der Waals surface area contributed by atoms with Crippen molar-refractivity contribution in [1.29, 1.82) is 0 Å². The Kier molecular flexibility index (Phi) is 2.83. The number of hydrogen-bond donors (Lipinski definition) is 1. The van der Waals surface area contributed by atoms with Gasteiger partial charge in [-0.15, -0.1) is 0 Å². The molecule has 1 heterocycles. The van der Waals surface area contributed by atoms with Crippen molar-refractivity contribution in [3.8, 4) is 0 Å². The molecule has 1 aromatic carbocycles. The fourth-order valence-electron chi connectivity index (χ4n) is 1.32. The molecule has 0 aliphatic carbocycles. The maximum Gasteiger partial charge on any atom is 0.227 e. The summed E-state index contributed by atoms with van der Waals surface area (Å²) in [6.07, 6.45) is 3.98. The second-order valence-electron chi connectivity index (χ2n) is 3.27. The molecular weight excluding hydrogens is 206 g/mol. The lowest BCUT2D eigenvalue weighted by molar-refractivity contribution is 0.403. The molecule has 0 fully saturated rings. The highest BCUT2D eigenvalue weighted by molar-refractivity contribution is 7.71. The summed E-state index contributed by atoms with van der Waals surface area (Å²) in [4.78, 5) is 0. The lowest BCUT2D eigenvalue weighted by Crippen LogP contribution is -1.74. The van der Waals surface area contributed by atoms with Gasteiger partial charge in [0.25, 0.3) is 0 Å². The fraction of sp³-hybridized carbons (Fsp3) is 0.0833. The second kappa shape index (κ2) is 4.28. The molecule has 0 atom stereocenters. The summed E-state index contributed by atoms with van der Waals surface area (Å²) in [5.41, 5.74) is 3.04. The summed E-state index contributed by atoms with van der Waals surface area (Å²) in [7, 11) is 0. The Morgan fingerprint density at radius 3 is 2.53 bits per heavy atom. The van der Waals surface area contributed by atoms with Gasteiger partial charge in [0, 0.05) is 0 Å². The molecule has 2 rings (SSSR count). The molecule has 1 N–H and O–H groups in total. The molecule has 2 nitrogen and oxygen atoms in total. The summed E-state index contributed by atoms with van der Waals surface area (Å²) in [5.74, 6) is 0. The van der Waals surface area contributed by atoms with Crippen molar-refractivity contribution >= 4 is 24.4 Å². The van der Waals surface area contributed by atoms with Crippen LogP contribution in [-0.4, -0.2) is 5.16 Å². The molecule has 3 heteroatoms. The zero-order chi connectivity index (χ0) is 10.7. The maximum absolute atomic E-state index is 5.04. The van der Waals surface area contributed by atoms with Crippen LogP contribution in [0.4, 0.5) is 0 Å². The molecule has 15 heavy (non-hydrogen) atoms. The van der Waals surface area contributed by atoms with Gasteiger partial charge in [0.2, 0.25) is 4.71 Å². The van der Waals surface area contributed by atoms with E-state index >= 15 is 0 Å². The van der Waals surface area contributed by atoms with Crippen LogP contribution < -0.4 is 0 Å². The molecule has 0 aliphatic heterocycles. The van der Waals surface area contributed by atoms with E-state index in [-0.39, 0.29) is 0 Å². The number of H-pyrrole nitrogens is 1. The SMILES string of the molecule is Cc1[nH]oc(=S)c1C=Cc1ccccc1. The smallest absolute Gasteiger partial charge is 0.227 e. The predicted octanol–water partition coefficient (Wildman–Crippen LogP) is 3.82. The molecule has 0 bridgehead atoms. The summed E-state index contributed by atoms with van der Waals surface area (Å²) in [6, 6.07) is 10.1. The van der Waals surface area contributed by atoms with E-state index in [0.717, 1.165) is 16.8 Å². The zero-order valence-corrected chi connectivity index (χ0v) is 9.17. The summed E-state index contributed by atoms with van der Waals surface area (Å²) in [6.45, 7) is 1.93. The topological polar surface area (TPSA) is 28.9 Å². The first-order chi connectivity index (χ1) is 7.27. The van der Waals surface area contributed by atoms with Crippen molar-refractivity contribution in [2.24, 2.45) is 0 Å². The molecule has 0 amide bonds. The van der Waals surface area contributed by atoms with Crippen LogP contribution in [-0.2, 0) is 0 Å². The second-order valence-corrected chi connectivity index (χ2v) is 3.65. The Balaban J connectivity index is 2.30. The van der Waals surface area contributed by atoms with E-state index in [0.29, 0.717) is 4.71 Å². The zero-order valence-electron chi connectivity index (χ0n) is 8.36. The van der Waals surface area contributed by atoms with Crippen LogP contribution in [0, 0.1) is 11.6 Å². The fourth-order valence-corrected chi connectivity index (χ4v) is 1.59. The van der Waals surface area contributed by atoms with Crippen LogP contribution in [0.5, 0.6) is 0 Å². The quantitative estimate of drug-likeness (QED) is 0.775. The third-order valence-corrected chi connectivity index (χ3v) is 2.47. The van der Waals surface area contributed by atoms with Gasteiger partial charge < -0.3 is 4.52 Å². The number of aromatic nitrogens is 1. The van der Waals surface area contributed by atoms with Crippen molar-refractivity contribution in [2.75, 3.05) is 0 Å². The lowest BCUT2D eigenvalue weighted by Gasteiger charge is -1.90. The van der Waals surface area contributed by atoms with E-state index in [2.05, 4.69) is 5.16 Å². The van der Waals surface area contributed by atoms with E-state index < -0.39 is 0 Å². The highest BCUT2D eigenvalue weighted by atomic mass is 32.1. The largest absolute Gasteiger partial charge is 0.370 e. The van der Waals surface area contributed by atoms with E-state index in [1.54, 1.807) is 0 Å². The van der Waals surface area contributed by atoms with Gasteiger partial charge in [0.05, 0.1) is 11.3 Å². The van der Waals surface area contributed by atoms with Crippen molar-refractivity contribution in [1.82, 2.24) is 5.16 Å². The first kappa shape index (κ1) is 9.93. The molecular formula is C12H11NOS. The third-order valence-electron chi connectivity index (χ3n) is 2.16. The van der Waals surface area contributed by atoms with Crippen LogP contribution in [0.15, 0.2) is 34.9 Å². The molecule has 0 spiro atoms. The lowest BCUT2D eigenvalue weighted by atomic mass is 10.1. The average molecular weight is 217 g/mol. The summed E-state index contributed by atoms with van der Waals surface area (Å²) >= 11 is 5.04. The normalized spacial score (nSPS) is 11.0. The monoisotopic (exact) mass is 217 g/mol. The molecule has 2 aromatic rings. The Labute approximate surface area is 93.2 Å². The average Bonchev–Trinajstić information content (AvgIpc) is 2.58. The Morgan fingerprint density at radius 2 is 1.93 bits per heavy atom. The number of aryl methyl sites for hydroxylation is 1. The number of benzene rings is 1.